The zero-order valence-corrected chi connectivity index (χ0v) is 6.21. The Labute approximate surface area is 64.8 Å². The first-order valence-electron chi connectivity index (χ1n) is 3.32. The fourth-order valence-electron chi connectivity index (χ4n) is 0.850. The van der Waals surface area contributed by atoms with E-state index in [1.54, 1.807) is 0 Å². The summed E-state index contributed by atoms with van der Waals surface area (Å²) in [6.45, 7) is 1.39. The summed E-state index contributed by atoms with van der Waals surface area (Å²) in [5, 5.41) is 8.43. The number of hydrogen-bond donors (Lipinski definition) is 1. The van der Waals surface area contributed by atoms with Gasteiger partial charge in [0.25, 0.3) is 0 Å². The van der Waals surface area contributed by atoms with Crippen LogP contribution in [0.2, 0.25) is 0 Å². The third-order valence-electron chi connectivity index (χ3n) is 1.73. The molecule has 1 aliphatic rings. The van der Waals surface area contributed by atoms with E-state index in [4.69, 9.17) is 11.0 Å². The molecule has 0 aromatic rings. The van der Waals surface area contributed by atoms with E-state index in [2.05, 4.69) is 0 Å². The van der Waals surface area contributed by atoms with Crippen LogP contribution in [0, 0.1) is 11.3 Å². The summed E-state index contributed by atoms with van der Waals surface area (Å²) in [5.41, 5.74) is 4.33. The Morgan fingerprint density at radius 2 is 2.45 bits per heavy atom. The van der Waals surface area contributed by atoms with Crippen molar-refractivity contribution in [2.45, 2.75) is 18.6 Å². The van der Waals surface area contributed by atoms with Gasteiger partial charge in [-0.15, -0.1) is 0 Å². The van der Waals surface area contributed by atoms with Crippen LogP contribution in [0.4, 0.5) is 4.39 Å². The SMILES string of the molecule is CC1(F)C=CC(C#N)=CC1N. The van der Waals surface area contributed by atoms with Gasteiger partial charge in [-0.3, -0.25) is 0 Å². The normalized spacial score (nSPS) is 36.2. The highest BCUT2D eigenvalue weighted by molar-refractivity contribution is 5.40. The minimum Gasteiger partial charge on any atom is -0.321 e. The first kappa shape index (κ1) is 7.96. The van der Waals surface area contributed by atoms with Crippen LogP contribution in [-0.4, -0.2) is 11.7 Å². The lowest BCUT2D eigenvalue weighted by Crippen LogP contribution is -2.40. The molecule has 58 valence electrons. The van der Waals surface area contributed by atoms with Crippen molar-refractivity contribution in [1.82, 2.24) is 0 Å². The molecule has 0 radical (unpaired) electrons. The molecule has 0 bridgehead atoms. The zero-order chi connectivity index (χ0) is 8.48. The van der Waals surface area contributed by atoms with E-state index in [1.165, 1.54) is 25.2 Å². The van der Waals surface area contributed by atoms with Gasteiger partial charge in [-0.1, -0.05) is 0 Å². The third kappa shape index (κ3) is 1.47. The minimum absolute atomic E-state index is 0.424. The molecule has 1 rings (SSSR count). The van der Waals surface area contributed by atoms with Gasteiger partial charge in [0, 0.05) is 5.57 Å². The number of alkyl halides is 1. The number of halogens is 1. The average Bonchev–Trinajstić information content (AvgIpc) is 1.95. The van der Waals surface area contributed by atoms with Crippen molar-refractivity contribution in [3.8, 4) is 6.07 Å². The summed E-state index contributed by atoms with van der Waals surface area (Å²) < 4.78 is 13.2. The van der Waals surface area contributed by atoms with Crippen LogP contribution in [0.15, 0.2) is 23.8 Å². The van der Waals surface area contributed by atoms with Crippen LogP contribution in [-0.2, 0) is 0 Å². The van der Waals surface area contributed by atoms with Crippen molar-refractivity contribution < 1.29 is 4.39 Å². The summed E-state index contributed by atoms with van der Waals surface area (Å²) >= 11 is 0. The lowest BCUT2D eigenvalue weighted by atomic mass is 9.92. The fraction of sp³-hybridized carbons (Fsp3) is 0.375. The van der Waals surface area contributed by atoms with Gasteiger partial charge in [-0.2, -0.15) is 5.26 Å². The van der Waals surface area contributed by atoms with Crippen molar-refractivity contribution in [3.63, 3.8) is 0 Å². The van der Waals surface area contributed by atoms with Crippen LogP contribution < -0.4 is 5.73 Å². The molecule has 1 aliphatic carbocycles. The maximum atomic E-state index is 13.2. The van der Waals surface area contributed by atoms with Crippen molar-refractivity contribution >= 4 is 0 Å². The highest BCUT2D eigenvalue weighted by Gasteiger charge is 2.29. The predicted octanol–water partition coefficient (Wildman–Crippen LogP) is 1.06. The van der Waals surface area contributed by atoms with Crippen LogP contribution in [0.1, 0.15) is 6.92 Å². The van der Waals surface area contributed by atoms with Crippen LogP contribution in [0.3, 0.4) is 0 Å². The highest BCUT2D eigenvalue weighted by atomic mass is 19.1. The van der Waals surface area contributed by atoms with Gasteiger partial charge in [0.15, 0.2) is 0 Å². The maximum absolute atomic E-state index is 13.2. The van der Waals surface area contributed by atoms with E-state index in [0.717, 1.165) is 0 Å². The van der Waals surface area contributed by atoms with Gasteiger partial charge in [0.2, 0.25) is 0 Å². The van der Waals surface area contributed by atoms with E-state index in [-0.39, 0.29) is 0 Å². The molecule has 11 heavy (non-hydrogen) atoms. The summed E-state index contributed by atoms with van der Waals surface area (Å²) in [5.74, 6) is 0. The van der Waals surface area contributed by atoms with Gasteiger partial charge >= 0.3 is 0 Å². The zero-order valence-electron chi connectivity index (χ0n) is 6.21. The highest BCUT2D eigenvalue weighted by Crippen LogP contribution is 2.22. The second kappa shape index (κ2) is 2.48. The topological polar surface area (TPSA) is 49.8 Å². The maximum Gasteiger partial charge on any atom is 0.145 e. The lowest BCUT2D eigenvalue weighted by molar-refractivity contribution is 0.231. The van der Waals surface area contributed by atoms with E-state index < -0.39 is 11.7 Å². The molecule has 0 fully saturated rings. The van der Waals surface area contributed by atoms with Gasteiger partial charge in [0.1, 0.15) is 5.67 Å². The molecule has 0 aliphatic heterocycles. The molecule has 0 heterocycles. The largest absolute Gasteiger partial charge is 0.321 e. The fourth-order valence-corrected chi connectivity index (χ4v) is 0.850. The molecule has 0 amide bonds. The standard InChI is InChI=1S/C8H9FN2/c1-8(9)3-2-6(5-10)4-7(8)11/h2-4,7H,11H2,1H3. The smallest absolute Gasteiger partial charge is 0.145 e. The van der Waals surface area contributed by atoms with E-state index >= 15 is 0 Å². The summed E-state index contributed by atoms with van der Waals surface area (Å²) in [4.78, 5) is 0. The van der Waals surface area contributed by atoms with Crippen molar-refractivity contribution in [2.24, 2.45) is 5.73 Å². The first-order valence-corrected chi connectivity index (χ1v) is 3.32. The number of rotatable bonds is 0. The molecular formula is C8H9FN2. The molecule has 3 heteroatoms. The number of hydrogen-bond acceptors (Lipinski definition) is 2. The van der Waals surface area contributed by atoms with Crippen LogP contribution in [0.5, 0.6) is 0 Å². The summed E-state index contributed by atoms with van der Waals surface area (Å²) in [6.07, 6.45) is 4.19. The van der Waals surface area contributed by atoms with E-state index in [9.17, 15) is 4.39 Å². The molecule has 0 aromatic carbocycles. The molecule has 0 aromatic heterocycles. The number of nitrogens with zero attached hydrogens (tertiary/aromatic N) is 1. The second-order valence-corrected chi connectivity index (χ2v) is 2.74. The Bertz CT molecular complexity index is 258. The van der Waals surface area contributed by atoms with Crippen LogP contribution in [0.25, 0.3) is 0 Å². The molecule has 2 unspecified atom stereocenters. The molecule has 2 atom stereocenters. The Kier molecular flexibility index (Phi) is 1.79. The molecule has 2 N–H and O–H groups in total. The van der Waals surface area contributed by atoms with Gasteiger partial charge < -0.3 is 5.73 Å². The van der Waals surface area contributed by atoms with E-state index in [1.807, 2.05) is 6.07 Å². The van der Waals surface area contributed by atoms with Crippen molar-refractivity contribution in [3.05, 3.63) is 23.8 Å². The molecule has 0 spiro atoms. The Hall–Kier alpha value is -1.14. The molecule has 0 saturated heterocycles. The minimum atomic E-state index is -1.51. The Balaban J connectivity index is 2.90. The first-order chi connectivity index (χ1) is 5.06. The molecular weight excluding hydrogens is 143 g/mol. The number of nitriles is 1. The van der Waals surface area contributed by atoms with Crippen molar-refractivity contribution in [2.75, 3.05) is 0 Å². The number of allylic oxidation sites excluding steroid dienone is 2. The Morgan fingerprint density at radius 3 is 2.91 bits per heavy atom. The lowest BCUT2D eigenvalue weighted by Gasteiger charge is -2.24. The third-order valence-corrected chi connectivity index (χ3v) is 1.73. The van der Waals surface area contributed by atoms with Crippen LogP contribution >= 0.6 is 0 Å². The quantitative estimate of drug-likeness (QED) is 0.564. The Morgan fingerprint density at radius 1 is 1.82 bits per heavy atom. The number of nitrogens with two attached hydrogens (primary N) is 1. The summed E-state index contributed by atoms with van der Waals surface area (Å²) in [7, 11) is 0. The molecule has 2 nitrogen and oxygen atoms in total. The van der Waals surface area contributed by atoms with E-state index in [0.29, 0.717) is 5.57 Å². The van der Waals surface area contributed by atoms with Gasteiger partial charge in [0.05, 0.1) is 12.1 Å². The van der Waals surface area contributed by atoms with Crippen molar-refractivity contribution in [1.29, 1.82) is 5.26 Å². The van der Waals surface area contributed by atoms with Gasteiger partial charge in [-0.25, -0.2) is 4.39 Å². The predicted molar refractivity (Wildman–Crippen MR) is 40.3 cm³/mol. The van der Waals surface area contributed by atoms with Gasteiger partial charge in [-0.05, 0) is 25.2 Å². The monoisotopic (exact) mass is 152 g/mol. The second-order valence-electron chi connectivity index (χ2n) is 2.74. The molecule has 0 saturated carbocycles. The average molecular weight is 152 g/mol. The summed E-state index contributed by atoms with van der Waals surface area (Å²) in [6, 6.07) is 1.19.